The van der Waals surface area contributed by atoms with Crippen LogP contribution in [0.5, 0.6) is 0 Å². The summed E-state index contributed by atoms with van der Waals surface area (Å²) >= 11 is 0. The fraction of sp³-hybridized carbons (Fsp3) is 0.964. The first kappa shape index (κ1) is 35.5. The second kappa shape index (κ2) is 23.6. The Morgan fingerprint density at radius 1 is 0.833 bits per heavy atom. The monoisotopic (exact) mass is 536 g/mol. The van der Waals surface area contributed by atoms with Gasteiger partial charge in [-0.15, -0.1) is 0 Å². The van der Waals surface area contributed by atoms with Crippen LogP contribution < -0.4 is 4.90 Å². The highest BCUT2D eigenvalue weighted by atomic mass is 31.2. The molecule has 0 fully saturated rings. The van der Waals surface area contributed by atoms with Gasteiger partial charge in [0.2, 0.25) is 0 Å². The fourth-order valence-corrected chi connectivity index (χ4v) is 5.75. The molecule has 0 heterocycles. The van der Waals surface area contributed by atoms with Crippen LogP contribution in [0.4, 0.5) is 0 Å². The molecule has 0 aromatic carbocycles. The zero-order chi connectivity index (χ0) is 27.1. The van der Waals surface area contributed by atoms with E-state index >= 15 is 0 Å². The summed E-state index contributed by atoms with van der Waals surface area (Å²) in [6, 6.07) is 0. The van der Waals surface area contributed by atoms with Gasteiger partial charge in [-0.2, -0.15) is 0 Å². The third kappa shape index (κ3) is 21.6. The number of hydrogen-bond acceptors (Lipinski definition) is 5. The molecule has 0 aliphatic rings. The molecule has 0 radical (unpaired) electrons. The molecule has 0 saturated heterocycles. The summed E-state index contributed by atoms with van der Waals surface area (Å²) in [6.45, 7) is 14.2. The molecule has 4 unspecified atom stereocenters. The van der Waals surface area contributed by atoms with Gasteiger partial charge < -0.3 is 23.8 Å². The third-order valence-electron chi connectivity index (χ3n) is 7.02. The Hall–Kier alpha value is -0.460. The van der Waals surface area contributed by atoms with E-state index in [9.17, 15) is 14.3 Å². The van der Waals surface area contributed by atoms with Gasteiger partial charge in [0, 0.05) is 6.61 Å². The quantitative estimate of drug-likeness (QED) is 0.0802. The normalized spacial score (nSPS) is 16.0. The van der Waals surface area contributed by atoms with E-state index in [1.165, 1.54) is 75.5 Å². The number of ether oxygens (including phenoxy) is 2. The van der Waals surface area contributed by atoms with Crippen LogP contribution in [0.25, 0.3) is 0 Å². The molecule has 0 bridgehead atoms. The van der Waals surface area contributed by atoms with E-state index in [1.807, 2.05) is 13.8 Å². The smallest absolute Gasteiger partial charge is 0.333 e. The summed E-state index contributed by atoms with van der Waals surface area (Å²) in [7, 11) is -3.72. The van der Waals surface area contributed by atoms with Crippen LogP contribution in [0.2, 0.25) is 0 Å². The van der Waals surface area contributed by atoms with Crippen LogP contribution in [0.3, 0.4) is 0 Å². The largest absolute Gasteiger partial charge is 0.460 e. The number of carbonyl (C=O) groups excluding carboxylic acids is 1. The molecule has 4 atom stereocenters. The predicted molar refractivity (Wildman–Crippen MR) is 149 cm³/mol. The Morgan fingerprint density at radius 2 is 1.42 bits per heavy atom. The first-order valence-corrected chi connectivity index (χ1v) is 16.5. The van der Waals surface area contributed by atoms with E-state index in [2.05, 4.69) is 20.8 Å². The van der Waals surface area contributed by atoms with Crippen molar-refractivity contribution in [3.8, 4) is 0 Å². The summed E-state index contributed by atoms with van der Waals surface area (Å²) < 4.78 is 28.3. The molecule has 0 aromatic heterocycles. The van der Waals surface area contributed by atoms with Crippen molar-refractivity contribution in [2.75, 3.05) is 45.6 Å². The molecular weight excluding hydrogens is 477 g/mol. The second-order valence-electron chi connectivity index (χ2n) is 10.7. The number of unbranched alkanes of at least 4 members (excludes halogenated alkanes) is 9. The van der Waals surface area contributed by atoms with E-state index < -0.39 is 13.7 Å². The number of nitrogens with one attached hydrogen (secondary N) is 1. The molecule has 0 saturated carbocycles. The minimum atomic E-state index is -3.72. The van der Waals surface area contributed by atoms with Gasteiger partial charge >= 0.3 is 7.60 Å². The minimum Gasteiger partial charge on any atom is -0.460 e. The van der Waals surface area contributed by atoms with Crippen molar-refractivity contribution in [3.05, 3.63) is 0 Å². The molecule has 7 nitrogen and oxygen atoms in total. The van der Waals surface area contributed by atoms with Crippen molar-refractivity contribution >= 4 is 14.1 Å². The molecular formula is C28H59NO6P+. The zero-order valence-corrected chi connectivity index (χ0v) is 25.1. The van der Waals surface area contributed by atoms with E-state index in [-0.39, 0.29) is 19.4 Å². The van der Waals surface area contributed by atoms with Crippen LogP contribution in [-0.4, -0.2) is 63.1 Å². The topological polar surface area (TPSA) is 86.5 Å². The predicted octanol–water partition coefficient (Wildman–Crippen LogP) is 5.64. The van der Waals surface area contributed by atoms with E-state index in [1.54, 1.807) is 0 Å². The van der Waals surface area contributed by atoms with Crippen LogP contribution in [0, 0.1) is 11.8 Å². The molecule has 0 amide bonds. The van der Waals surface area contributed by atoms with Gasteiger partial charge in [0.1, 0.15) is 6.10 Å². The summed E-state index contributed by atoms with van der Waals surface area (Å²) in [6.07, 6.45) is 15.4. The lowest BCUT2D eigenvalue weighted by molar-refractivity contribution is -0.893. The number of quaternary nitrogens is 1. The van der Waals surface area contributed by atoms with Crippen molar-refractivity contribution in [1.82, 2.24) is 0 Å². The van der Waals surface area contributed by atoms with Crippen molar-refractivity contribution in [1.29, 1.82) is 0 Å². The van der Waals surface area contributed by atoms with E-state index in [0.29, 0.717) is 31.5 Å². The lowest BCUT2D eigenvalue weighted by Crippen LogP contribution is -3.11. The van der Waals surface area contributed by atoms with Gasteiger partial charge in [-0.25, -0.2) is 0 Å². The summed E-state index contributed by atoms with van der Waals surface area (Å²) in [5.74, 6) is 1.07. The van der Waals surface area contributed by atoms with E-state index in [0.717, 1.165) is 19.5 Å². The van der Waals surface area contributed by atoms with Gasteiger partial charge in [0.05, 0.1) is 39.0 Å². The Labute approximate surface area is 222 Å². The standard InChI is InChI=1S/C28H58NO6P/c1-6-9-10-11-12-13-14-15-16-17-18-26(4)21-27(5)22-33-23-28(34-25-30)24-35-36(31,32)20-19-29(7-2)8-3/h25-28H,6-24H2,1-5H3,(H,31,32)/p+1. The lowest BCUT2D eigenvalue weighted by Gasteiger charge is -2.21. The maximum absolute atomic E-state index is 12.3. The van der Waals surface area contributed by atoms with Gasteiger partial charge in [-0.05, 0) is 32.1 Å². The average Bonchev–Trinajstić information content (AvgIpc) is 2.84. The Morgan fingerprint density at radius 3 is 1.97 bits per heavy atom. The minimum absolute atomic E-state index is 0.0899. The van der Waals surface area contributed by atoms with Gasteiger partial charge in [0.25, 0.3) is 6.47 Å². The van der Waals surface area contributed by atoms with Crippen molar-refractivity contribution in [3.63, 3.8) is 0 Å². The van der Waals surface area contributed by atoms with Crippen molar-refractivity contribution < 1.29 is 33.2 Å². The van der Waals surface area contributed by atoms with Crippen molar-refractivity contribution in [2.24, 2.45) is 11.8 Å². The molecule has 0 aliphatic heterocycles. The van der Waals surface area contributed by atoms with Gasteiger partial charge in [-0.1, -0.05) is 91.4 Å². The highest BCUT2D eigenvalue weighted by Gasteiger charge is 2.24. The fourth-order valence-electron chi connectivity index (χ4n) is 4.63. The SMILES string of the molecule is CCCCCCCCCCCCC(C)CC(C)COCC(COP(=O)(O)CC[NH+](CC)CC)OC=O. The number of hydrogen-bond donors (Lipinski definition) is 2. The van der Waals surface area contributed by atoms with Crippen LogP contribution >= 0.6 is 7.60 Å². The molecule has 216 valence electrons. The molecule has 0 aromatic rings. The molecule has 0 spiro atoms. The van der Waals surface area contributed by atoms with Gasteiger partial charge in [-0.3, -0.25) is 9.36 Å². The second-order valence-corrected chi connectivity index (χ2v) is 12.7. The Bertz CT molecular complexity index is 546. The summed E-state index contributed by atoms with van der Waals surface area (Å²) in [4.78, 5) is 22.2. The Balaban J connectivity index is 3.98. The number of carbonyl (C=O) groups is 1. The summed E-state index contributed by atoms with van der Waals surface area (Å²) in [5.41, 5.74) is 0. The maximum Gasteiger partial charge on any atom is 0.333 e. The van der Waals surface area contributed by atoms with Crippen LogP contribution in [0.15, 0.2) is 0 Å². The third-order valence-corrected chi connectivity index (χ3v) is 8.36. The average molecular weight is 537 g/mol. The highest BCUT2D eigenvalue weighted by molar-refractivity contribution is 7.52. The van der Waals surface area contributed by atoms with Crippen molar-refractivity contribution in [2.45, 2.75) is 118 Å². The Kier molecular flexibility index (Phi) is 23.3. The molecule has 0 aliphatic carbocycles. The molecule has 2 N–H and O–H groups in total. The number of rotatable bonds is 27. The first-order chi connectivity index (χ1) is 17.3. The van der Waals surface area contributed by atoms with Crippen LogP contribution in [0.1, 0.15) is 112 Å². The molecule has 36 heavy (non-hydrogen) atoms. The highest BCUT2D eigenvalue weighted by Crippen LogP contribution is 2.41. The summed E-state index contributed by atoms with van der Waals surface area (Å²) in [5, 5.41) is 0. The maximum atomic E-state index is 12.3. The van der Waals surface area contributed by atoms with Gasteiger partial charge in [0.15, 0.2) is 0 Å². The molecule has 0 rings (SSSR count). The molecule has 8 heteroatoms. The van der Waals surface area contributed by atoms with E-state index in [4.69, 9.17) is 14.0 Å². The lowest BCUT2D eigenvalue weighted by atomic mass is 9.93. The first-order valence-electron chi connectivity index (χ1n) is 14.7. The van der Waals surface area contributed by atoms with Crippen LogP contribution in [-0.2, 0) is 23.4 Å². The zero-order valence-electron chi connectivity index (χ0n) is 24.2.